The van der Waals surface area contributed by atoms with Gasteiger partial charge in [-0.15, -0.1) is 13.2 Å². The fourth-order valence-electron chi connectivity index (χ4n) is 2.83. The maximum atomic E-state index is 12.3. The third-order valence-electron chi connectivity index (χ3n) is 3.74. The Kier molecular flexibility index (Phi) is 4.78. The van der Waals surface area contributed by atoms with E-state index in [1.54, 1.807) is 12.1 Å². The Morgan fingerprint density at radius 2 is 2.00 bits per heavy atom. The lowest BCUT2D eigenvalue weighted by Crippen LogP contribution is -2.22. The number of para-hydroxylation sites is 2. The number of ether oxygens (including phenoxy) is 1. The van der Waals surface area contributed by atoms with Crippen molar-refractivity contribution in [2.45, 2.75) is 39.0 Å². The van der Waals surface area contributed by atoms with Crippen molar-refractivity contribution >= 4 is 5.69 Å². The summed E-state index contributed by atoms with van der Waals surface area (Å²) in [4.78, 5) is 0. The number of benzene rings is 1. The molecule has 1 aliphatic rings. The number of halogens is 3. The van der Waals surface area contributed by atoms with E-state index in [9.17, 15) is 13.2 Å². The molecule has 2 unspecified atom stereocenters. The lowest BCUT2D eigenvalue weighted by molar-refractivity contribution is -0.274. The van der Waals surface area contributed by atoms with Gasteiger partial charge in [0.1, 0.15) is 0 Å². The molecular formula is C15H20F3NO. The number of alkyl halides is 3. The minimum atomic E-state index is -4.66. The first-order valence-corrected chi connectivity index (χ1v) is 7.02. The molecule has 0 heterocycles. The molecule has 112 valence electrons. The van der Waals surface area contributed by atoms with E-state index in [1.807, 2.05) is 0 Å². The number of nitrogens with one attached hydrogen (secondary N) is 1. The maximum absolute atomic E-state index is 12.3. The topological polar surface area (TPSA) is 21.3 Å². The van der Waals surface area contributed by atoms with E-state index < -0.39 is 6.36 Å². The van der Waals surface area contributed by atoms with E-state index in [0.29, 0.717) is 24.1 Å². The smallest absolute Gasteiger partial charge is 0.404 e. The Bertz CT molecular complexity index is 433. The lowest BCUT2D eigenvalue weighted by Gasteiger charge is -2.27. The van der Waals surface area contributed by atoms with Crippen molar-refractivity contribution in [2.24, 2.45) is 11.8 Å². The number of rotatable bonds is 4. The van der Waals surface area contributed by atoms with E-state index in [2.05, 4.69) is 17.0 Å². The standard InChI is InChI=1S/C15H20F3NO/c1-11-5-4-6-12(9-11)10-19-13-7-2-3-8-14(13)20-15(16,17)18/h2-3,7-8,11-12,19H,4-6,9-10H2,1H3. The molecule has 5 heteroatoms. The van der Waals surface area contributed by atoms with Crippen molar-refractivity contribution < 1.29 is 17.9 Å². The van der Waals surface area contributed by atoms with Crippen LogP contribution in [0.25, 0.3) is 0 Å². The van der Waals surface area contributed by atoms with Crippen LogP contribution in [0.2, 0.25) is 0 Å². The Hall–Kier alpha value is -1.39. The Balaban J connectivity index is 1.95. The van der Waals surface area contributed by atoms with Crippen LogP contribution in [0, 0.1) is 11.8 Å². The number of hydrogen-bond acceptors (Lipinski definition) is 2. The van der Waals surface area contributed by atoms with Crippen LogP contribution in [0.1, 0.15) is 32.6 Å². The van der Waals surface area contributed by atoms with Gasteiger partial charge in [-0.05, 0) is 36.8 Å². The predicted molar refractivity (Wildman–Crippen MR) is 72.7 cm³/mol. The van der Waals surface area contributed by atoms with Crippen molar-refractivity contribution in [1.82, 2.24) is 0 Å². The summed E-state index contributed by atoms with van der Waals surface area (Å²) in [7, 11) is 0. The minimum Gasteiger partial charge on any atom is -0.404 e. The molecule has 1 fully saturated rings. The molecule has 1 aromatic carbocycles. The van der Waals surface area contributed by atoms with Gasteiger partial charge in [0, 0.05) is 6.54 Å². The molecule has 0 amide bonds. The number of anilines is 1. The van der Waals surface area contributed by atoms with Gasteiger partial charge in [-0.3, -0.25) is 0 Å². The first-order valence-electron chi connectivity index (χ1n) is 7.02. The van der Waals surface area contributed by atoms with Gasteiger partial charge in [0.15, 0.2) is 5.75 Å². The zero-order valence-corrected chi connectivity index (χ0v) is 11.5. The average Bonchev–Trinajstić information content (AvgIpc) is 2.36. The summed E-state index contributed by atoms with van der Waals surface area (Å²) in [5.74, 6) is 1.07. The van der Waals surface area contributed by atoms with Crippen molar-refractivity contribution in [3.05, 3.63) is 24.3 Å². The van der Waals surface area contributed by atoms with Crippen molar-refractivity contribution in [1.29, 1.82) is 0 Å². The normalized spacial score (nSPS) is 23.4. The molecule has 2 atom stereocenters. The molecule has 0 radical (unpaired) electrons. The average molecular weight is 287 g/mol. The fourth-order valence-corrected chi connectivity index (χ4v) is 2.83. The molecule has 0 spiro atoms. The molecule has 2 nitrogen and oxygen atoms in total. The Morgan fingerprint density at radius 1 is 1.25 bits per heavy atom. The monoisotopic (exact) mass is 287 g/mol. The lowest BCUT2D eigenvalue weighted by atomic mass is 9.82. The SMILES string of the molecule is CC1CCCC(CNc2ccccc2OC(F)(F)F)C1. The summed E-state index contributed by atoms with van der Waals surface area (Å²) in [6, 6.07) is 6.19. The quantitative estimate of drug-likeness (QED) is 0.857. The van der Waals surface area contributed by atoms with Gasteiger partial charge in [-0.2, -0.15) is 0 Å². The largest absolute Gasteiger partial charge is 0.573 e. The van der Waals surface area contributed by atoms with E-state index in [4.69, 9.17) is 0 Å². The summed E-state index contributed by atoms with van der Waals surface area (Å²) in [6.45, 7) is 2.93. The van der Waals surface area contributed by atoms with Gasteiger partial charge < -0.3 is 10.1 Å². The molecule has 0 aromatic heterocycles. The Morgan fingerprint density at radius 3 is 2.70 bits per heavy atom. The van der Waals surface area contributed by atoms with Crippen LogP contribution in [0.5, 0.6) is 5.75 Å². The van der Waals surface area contributed by atoms with Crippen LogP contribution in [-0.4, -0.2) is 12.9 Å². The van der Waals surface area contributed by atoms with Gasteiger partial charge >= 0.3 is 6.36 Å². The van der Waals surface area contributed by atoms with Crippen LogP contribution in [0.3, 0.4) is 0 Å². The summed E-state index contributed by atoms with van der Waals surface area (Å²) in [5.41, 5.74) is 0.406. The molecule has 20 heavy (non-hydrogen) atoms. The molecular weight excluding hydrogens is 267 g/mol. The highest BCUT2D eigenvalue weighted by molar-refractivity contribution is 5.56. The van der Waals surface area contributed by atoms with E-state index in [-0.39, 0.29) is 5.75 Å². The van der Waals surface area contributed by atoms with Crippen molar-refractivity contribution in [2.75, 3.05) is 11.9 Å². The third kappa shape index (κ3) is 4.62. The highest BCUT2D eigenvalue weighted by Gasteiger charge is 2.32. The molecule has 1 aromatic rings. The van der Waals surface area contributed by atoms with E-state index in [1.165, 1.54) is 25.0 Å². The summed E-state index contributed by atoms with van der Waals surface area (Å²) >= 11 is 0. The van der Waals surface area contributed by atoms with Crippen molar-refractivity contribution in [3.63, 3.8) is 0 Å². The fraction of sp³-hybridized carbons (Fsp3) is 0.600. The molecule has 0 bridgehead atoms. The van der Waals surface area contributed by atoms with E-state index in [0.717, 1.165) is 12.8 Å². The van der Waals surface area contributed by atoms with Gasteiger partial charge in [0.2, 0.25) is 0 Å². The van der Waals surface area contributed by atoms with Gasteiger partial charge in [-0.25, -0.2) is 0 Å². The summed E-state index contributed by atoms with van der Waals surface area (Å²) in [5, 5.41) is 3.10. The second kappa shape index (κ2) is 6.37. The molecule has 1 N–H and O–H groups in total. The van der Waals surface area contributed by atoms with Crippen LogP contribution < -0.4 is 10.1 Å². The highest BCUT2D eigenvalue weighted by atomic mass is 19.4. The molecule has 2 rings (SSSR count). The summed E-state index contributed by atoms with van der Waals surface area (Å²) in [6.07, 6.45) is 0.0740. The molecule has 1 saturated carbocycles. The zero-order valence-electron chi connectivity index (χ0n) is 11.5. The summed E-state index contributed by atoms with van der Waals surface area (Å²) < 4.78 is 41.0. The van der Waals surface area contributed by atoms with E-state index >= 15 is 0 Å². The molecule has 0 saturated heterocycles. The highest BCUT2D eigenvalue weighted by Crippen LogP contribution is 2.32. The minimum absolute atomic E-state index is 0.163. The van der Waals surface area contributed by atoms with Crippen LogP contribution in [-0.2, 0) is 0 Å². The van der Waals surface area contributed by atoms with Crippen LogP contribution in [0.4, 0.5) is 18.9 Å². The van der Waals surface area contributed by atoms with Crippen molar-refractivity contribution in [3.8, 4) is 5.75 Å². The predicted octanol–water partition coefficient (Wildman–Crippen LogP) is 4.82. The van der Waals surface area contributed by atoms with Gasteiger partial charge in [0.05, 0.1) is 5.69 Å². The third-order valence-corrected chi connectivity index (χ3v) is 3.74. The Labute approximate surface area is 117 Å². The van der Waals surface area contributed by atoms with Crippen LogP contribution in [0.15, 0.2) is 24.3 Å². The molecule has 1 aliphatic carbocycles. The first-order chi connectivity index (χ1) is 9.44. The molecule has 0 aliphatic heterocycles. The van der Waals surface area contributed by atoms with Gasteiger partial charge in [0.25, 0.3) is 0 Å². The number of hydrogen-bond donors (Lipinski definition) is 1. The maximum Gasteiger partial charge on any atom is 0.573 e. The first kappa shape index (κ1) is 15.0. The van der Waals surface area contributed by atoms with Gasteiger partial charge in [-0.1, -0.05) is 31.9 Å². The van der Waals surface area contributed by atoms with Crippen LogP contribution >= 0.6 is 0 Å². The second-order valence-corrected chi connectivity index (χ2v) is 5.56. The second-order valence-electron chi connectivity index (χ2n) is 5.56. The zero-order chi connectivity index (χ0) is 14.6.